The SMILES string of the molecule is COc1cccc(-n2c(CCc3c[nH]c4ccc(OC)cc34)nc3ccccc3c2=O)c1. The summed E-state index contributed by atoms with van der Waals surface area (Å²) < 4.78 is 12.5. The molecular weight excluding hydrogens is 402 g/mol. The molecule has 0 saturated heterocycles. The maximum absolute atomic E-state index is 13.5. The van der Waals surface area contributed by atoms with Gasteiger partial charge in [0.1, 0.15) is 17.3 Å². The lowest BCUT2D eigenvalue weighted by atomic mass is 10.1. The van der Waals surface area contributed by atoms with E-state index in [1.54, 1.807) is 18.8 Å². The van der Waals surface area contributed by atoms with Crippen LogP contribution in [0.1, 0.15) is 11.4 Å². The lowest BCUT2D eigenvalue weighted by Gasteiger charge is -2.14. The van der Waals surface area contributed by atoms with E-state index in [1.165, 1.54) is 0 Å². The van der Waals surface area contributed by atoms with Crippen molar-refractivity contribution in [1.29, 1.82) is 0 Å². The fourth-order valence-electron chi connectivity index (χ4n) is 4.10. The van der Waals surface area contributed by atoms with Gasteiger partial charge in [-0.25, -0.2) is 4.98 Å². The second-order valence-corrected chi connectivity index (χ2v) is 7.61. The molecule has 0 saturated carbocycles. The molecule has 0 unspecified atom stereocenters. The highest BCUT2D eigenvalue weighted by molar-refractivity contribution is 5.84. The molecule has 0 fully saturated rings. The van der Waals surface area contributed by atoms with Gasteiger partial charge in [-0.1, -0.05) is 18.2 Å². The molecule has 0 radical (unpaired) electrons. The number of hydrogen-bond donors (Lipinski definition) is 1. The monoisotopic (exact) mass is 425 g/mol. The van der Waals surface area contributed by atoms with Crippen molar-refractivity contribution >= 4 is 21.8 Å². The second-order valence-electron chi connectivity index (χ2n) is 7.61. The minimum absolute atomic E-state index is 0.0838. The molecule has 0 bridgehead atoms. The molecule has 0 aliphatic carbocycles. The number of rotatable bonds is 6. The fourth-order valence-corrected chi connectivity index (χ4v) is 4.10. The molecular formula is C26H23N3O3. The number of ether oxygens (including phenoxy) is 2. The van der Waals surface area contributed by atoms with Crippen molar-refractivity contribution in [3.63, 3.8) is 0 Å². The van der Waals surface area contributed by atoms with E-state index in [2.05, 4.69) is 4.98 Å². The van der Waals surface area contributed by atoms with Gasteiger partial charge in [0.15, 0.2) is 0 Å². The van der Waals surface area contributed by atoms with Crippen LogP contribution < -0.4 is 15.0 Å². The number of aromatic nitrogens is 3. The fraction of sp³-hybridized carbons (Fsp3) is 0.154. The molecule has 5 rings (SSSR count). The van der Waals surface area contributed by atoms with Gasteiger partial charge in [-0.2, -0.15) is 0 Å². The molecule has 0 atom stereocenters. The van der Waals surface area contributed by atoms with E-state index in [9.17, 15) is 4.79 Å². The van der Waals surface area contributed by atoms with Gasteiger partial charge < -0.3 is 14.5 Å². The lowest BCUT2D eigenvalue weighted by molar-refractivity contribution is 0.414. The molecule has 2 heterocycles. The standard InChI is InChI=1S/C26H23N3O3/c1-31-19-7-5-6-18(14-19)29-25(28-24-9-4-3-8-21(24)26(29)30)13-10-17-16-27-23-12-11-20(32-2)15-22(17)23/h3-9,11-12,14-16,27H,10,13H2,1-2H3. The first-order chi connectivity index (χ1) is 15.7. The smallest absolute Gasteiger partial charge is 0.265 e. The number of benzene rings is 3. The highest BCUT2D eigenvalue weighted by Gasteiger charge is 2.14. The Morgan fingerprint density at radius 3 is 2.53 bits per heavy atom. The summed E-state index contributed by atoms with van der Waals surface area (Å²) in [5, 5.41) is 1.70. The molecule has 160 valence electrons. The summed E-state index contributed by atoms with van der Waals surface area (Å²) >= 11 is 0. The third-order valence-corrected chi connectivity index (χ3v) is 5.75. The Bertz CT molecular complexity index is 1480. The van der Waals surface area contributed by atoms with E-state index in [0.29, 0.717) is 28.9 Å². The zero-order chi connectivity index (χ0) is 22.1. The largest absolute Gasteiger partial charge is 0.497 e. The Balaban J connectivity index is 1.61. The van der Waals surface area contributed by atoms with Crippen molar-refractivity contribution in [3.8, 4) is 17.2 Å². The molecule has 3 aromatic carbocycles. The van der Waals surface area contributed by atoms with Crippen LogP contribution in [-0.2, 0) is 12.8 Å². The average molecular weight is 425 g/mol. The van der Waals surface area contributed by atoms with E-state index in [1.807, 2.05) is 72.9 Å². The number of para-hydroxylation sites is 1. The number of H-pyrrole nitrogens is 1. The summed E-state index contributed by atoms with van der Waals surface area (Å²) in [4.78, 5) is 21.7. The van der Waals surface area contributed by atoms with Gasteiger partial charge in [-0.3, -0.25) is 9.36 Å². The van der Waals surface area contributed by atoms with Crippen molar-refractivity contribution < 1.29 is 9.47 Å². The minimum Gasteiger partial charge on any atom is -0.497 e. The predicted molar refractivity (Wildman–Crippen MR) is 126 cm³/mol. The summed E-state index contributed by atoms with van der Waals surface area (Å²) in [7, 11) is 3.28. The molecule has 1 N–H and O–H groups in total. The highest BCUT2D eigenvalue weighted by atomic mass is 16.5. The molecule has 5 aromatic rings. The number of aryl methyl sites for hydroxylation is 2. The van der Waals surface area contributed by atoms with Crippen LogP contribution in [0.4, 0.5) is 0 Å². The quantitative estimate of drug-likeness (QED) is 0.429. The van der Waals surface area contributed by atoms with Crippen molar-refractivity contribution in [3.05, 3.63) is 94.7 Å². The topological polar surface area (TPSA) is 69.1 Å². The number of fused-ring (bicyclic) bond motifs is 2. The van der Waals surface area contributed by atoms with Gasteiger partial charge in [-0.05, 0) is 54.4 Å². The summed E-state index contributed by atoms with van der Waals surface area (Å²) in [6.45, 7) is 0. The van der Waals surface area contributed by atoms with E-state index in [-0.39, 0.29) is 5.56 Å². The van der Waals surface area contributed by atoms with Gasteiger partial charge in [0, 0.05) is 29.6 Å². The Kier molecular flexibility index (Phi) is 5.11. The van der Waals surface area contributed by atoms with Gasteiger partial charge in [-0.15, -0.1) is 0 Å². The van der Waals surface area contributed by atoms with E-state index in [4.69, 9.17) is 14.5 Å². The molecule has 0 spiro atoms. The maximum Gasteiger partial charge on any atom is 0.265 e. The summed E-state index contributed by atoms with van der Waals surface area (Å²) in [6, 6.07) is 21.0. The third kappa shape index (κ3) is 3.50. The Morgan fingerprint density at radius 1 is 0.875 bits per heavy atom. The number of aromatic amines is 1. The number of hydrogen-bond acceptors (Lipinski definition) is 4. The van der Waals surface area contributed by atoms with Gasteiger partial charge >= 0.3 is 0 Å². The molecule has 6 nitrogen and oxygen atoms in total. The van der Waals surface area contributed by atoms with E-state index in [0.717, 1.165) is 34.3 Å². The van der Waals surface area contributed by atoms with Crippen LogP contribution in [-0.4, -0.2) is 28.8 Å². The first kappa shape index (κ1) is 19.9. The summed E-state index contributed by atoms with van der Waals surface area (Å²) in [5.74, 6) is 2.21. The third-order valence-electron chi connectivity index (χ3n) is 5.75. The van der Waals surface area contributed by atoms with Crippen LogP contribution in [0.15, 0.2) is 77.7 Å². The van der Waals surface area contributed by atoms with Crippen LogP contribution in [0, 0.1) is 0 Å². The number of methoxy groups -OCH3 is 2. The Morgan fingerprint density at radius 2 is 1.69 bits per heavy atom. The van der Waals surface area contributed by atoms with Crippen LogP contribution in [0.2, 0.25) is 0 Å². The van der Waals surface area contributed by atoms with Crippen LogP contribution >= 0.6 is 0 Å². The first-order valence-corrected chi connectivity index (χ1v) is 10.5. The zero-order valence-electron chi connectivity index (χ0n) is 18.0. The zero-order valence-corrected chi connectivity index (χ0v) is 18.0. The average Bonchev–Trinajstić information content (AvgIpc) is 3.25. The molecule has 32 heavy (non-hydrogen) atoms. The van der Waals surface area contributed by atoms with E-state index < -0.39 is 0 Å². The van der Waals surface area contributed by atoms with Gasteiger partial charge in [0.2, 0.25) is 0 Å². The molecule has 0 aliphatic heterocycles. The number of nitrogens with zero attached hydrogens (tertiary/aromatic N) is 2. The van der Waals surface area contributed by atoms with Gasteiger partial charge in [0.25, 0.3) is 5.56 Å². The van der Waals surface area contributed by atoms with E-state index >= 15 is 0 Å². The van der Waals surface area contributed by atoms with Crippen LogP contribution in [0.25, 0.3) is 27.5 Å². The molecule has 0 amide bonds. The molecule has 2 aromatic heterocycles. The Hall–Kier alpha value is -4.06. The highest BCUT2D eigenvalue weighted by Crippen LogP contribution is 2.25. The van der Waals surface area contributed by atoms with Crippen LogP contribution in [0.3, 0.4) is 0 Å². The normalized spacial score (nSPS) is 11.2. The molecule has 0 aliphatic rings. The predicted octanol–water partition coefficient (Wildman–Crippen LogP) is 4.67. The van der Waals surface area contributed by atoms with Crippen molar-refractivity contribution in [1.82, 2.24) is 14.5 Å². The van der Waals surface area contributed by atoms with Crippen molar-refractivity contribution in [2.75, 3.05) is 14.2 Å². The Labute approximate surface area is 185 Å². The number of nitrogens with one attached hydrogen (secondary N) is 1. The van der Waals surface area contributed by atoms with Crippen LogP contribution in [0.5, 0.6) is 11.5 Å². The van der Waals surface area contributed by atoms with Crippen molar-refractivity contribution in [2.45, 2.75) is 12.8 Å². The molecule has 6 heteroatoms. The van der Waals surface area contributed by atoms with Gasteiger partial charge in [0.05, 0.1) is 30.8 Å². The summed E-state index contributed by atoms with van der Waals surface area (Å²) in [6.07, 6.45) is 3.34. The first-order valence-electron chi connectivity index (χ1n) is 10.5. The lowest BCUT2D eigenvalue weighted by Crippen LogP contribution is -2.24. The summed E-state index contributed by atoms with van der Waals surface area (Å²) in [5.41, 5.74) is 3.56. The minimum atomic E-state index is -0.0838. The van der Waals surface area contributed by atoms with Crippen molar-refractivity contribution in [2.24, 2.45) is 0 Å². The second kappa shape index (κ2) is 8.23. The maximum atomic E-state index is 13.5.